The van der Waals surface area contributed by atoms with Crippen LogP contribution in [0.4, 0.5) is 10.1 Å². The second kappa shape index (κ2) is 10.5. The van der Waals surface area contributed by atoms with Gasteiger partial charge in [0.1, 0.15) is 5.82 Å². The van der Waals surface area contributed by atoms with Gasteiger partial charge in [0.2, 0.25) is 11.8 Å². The summed E-state index contributed by atoms with van der Waals surface area (Å²) < 4.78 is 12.9. The van der Waals surface area contributed by atoms with E-state index in [1.54, 1.807) is 0 Å². The molecule has 1 saturated heterocycles. The molecule has 1 aromatic rings. The average molecular weight is 382 g/mol. The normalized spacial score (nSPS) is 16.3. The number of hydrogen-bond donors (Lipinski definition) is 2. The summed E-state index contributed by atoms with van der Waals surface area (Å²) in [4.78, 5) is 26.4. The third-order valence-electron chi connectivity index (χ3n) is 4.55. The molecular weight excluding hydrogens is 353 g/mol. The van der Waals surface area contributed by atoms with Gasteiger partial charge in [-0.2, -0.15) is 0 Å². The Morgan fingerprint density at radius 3 is 2.54 bits per heavy atom. The molecule has 26 heavy (non-hydrogen) atoms. The molecule has 2 rings (SSSR count). The maximum absolute atomic E-state index is 12.9. The Morgan fingerprint density at radius 2 is 1.92 bits per heavy atom. The van der Waals surface area contributed by atoms with Gasteiger partial charge < -0.3 is 15.5 Å². The van der Waals surface area contributed by atoms with Crippen LogP contribution in [-0.2, 0) is 9.59 Å². The van der Waals surface area contributed by atoms with Crippen molar-refractivity contribution in [2.75, 3.05) is 37.2 Å². The lowest BCUT2D eigenvalue weighted by Crippen LogP contribution is -2.44. The fraction of sp³-hybridized carbons (Fsp3) is 0.579. The molecule has 144 valence electrons. The van der Waals surface area contributed by atoms with Gasteiger partial charge in [0.15, 0.2) is 0 Å². The minimum absolute atomic E-state index is 0.103. The van der Waals surface area contributed by atoms with Gasteiger partial charge in [-0.05, 0) is 63.0 Å². The van der Waals surface area contributed by atoms with E-state index in [0.29, 0.717) is 11.6 Å². The van der Waals surface area contributed by atoms with Crippen molar-refractivity contribution in [3.05, 3.63) is 30.1 Å². The van der Waals surface area contributed by atoms with E-state index in [-0.39, 0.29) is 28.6 Å². The van der Waals surface area contributed by atoms with Crippen molar-refractivity contribution in [3.8, 4) is 0 Å². The molecule has 1 heterocycles. The standard InChI is InChI=1S/C19H28FN3O2S/c1-3-21-12-15-8-10-23(11-9-15)19(25)14(2)26-13-18(24)22-17-6-4-16(20)5-7-17/h4-7,14-15,21H,3,8-13H2,1-2H3,(H,22,24). The van der Waals surface area contributed by atoms with Crippen LogP contribution in [0.3, 0.4) is 0 Å². The van der Waals surface area contributed by atoms with Gasteiger partial charge in [0.25, 0.3) is 0 Å². The van der Waals surface area contributed by atoms with Crippen LogP contribution in [-0.4, -0.2) is 53.9 Å². The molecule has 7 heteroatoms. The maximum atomic E-state index is 12.9. The predicted octanol–water partition coefficient (Wildman–Crippen LogP) is 2.73. The molecule has 1 unspecified atom stereocenters. The number of carbonyl (C=O) groups excluding carboxylic acids is 2. The molecule has 1 aliphatic rings. The van der Waals surface area contributed by atoms with Crippen LogP contribution >= 0.6 is 11.8 Å². The fourth-order valence-corrected chi connectivity index (χ4v) is 3.73. The molecule has 0 bridgehead atoms. The lowest BCUT2D eigenvalue weighted by atomic mass is 9.96. The van der Waals surface area contributed by atoms with E-state index in [4.69, 9.17) is 0 Å². The molecule has 0 aromatic heterocycles. The monoisotopic (exact) mass is 381 g/mol. The van der Waals surface area contributed by atoms with Crippen molar-refractivity contribution >= 4 is 29.3 Å². The Labute approximate surface area is 159 Å². The van der Waals surface area contributed by atoms with E-state index >= 15 is 0 Å². The van der Waals surface area contributed by atoms with Crippen molar-refractivity contribution in [1.82, 2.24) is 10.2 Å². The molecule has 0 aliphatic carbocycles. The fourth-order valence-electron chi connectivity index (χ4n) is 2.97. The van der Waals surface area contributed by atoms with Crippen molar-refractivity contribution in [1.29, 1.82) is 0 Å². The molecule has 2 N–H and O–H groups in total. The molecule has 2 amide bonds. The van der Waals surface area contributed by atoms with Crippen molar-refractivity contribution < 1.29 is 14.0 Å². The Bertz CT molecular complexity index is 589. The number of benzene rings is 1. The summed E-state index contributed by atoms with van der Waals surface area (Å²) in [5, 5.41) is 5.83. The molecule has 5 nitrogen and oxygen atoms in total. The first-order valence-corrected chi connectivity index (χ1v) is 10.2. The number of thioether (sulfide) groups is 1. The van der Waals surface area contributed by atoms with E-state index in [0.717, 1.165) is 39.0 Å². The zero-order chi connectivity index (χ0) is 18.9. The number of likely N-dealkylation sites (tertiary alicyclic amines) is 1. The third kappa shape index (κ3) is 6.61. The third-order valence-corrected chi connectivity index (χ3v) is 5.68. The van der Waals surface area contributed by atoms with Gasteiger partial charge in [0.05, 0.1) is 11.0 Å². The minimum Gasteiger partial charge on any atom is -0.342 e. The second-order valence-corrected chi connectivity index (χ2v) is 7.91. The van der Waals surface area contributed by atoms with Crippen LogP contribution in [0.2, 0.25) is 0 Å². The summed E-state index contributed by atoms with van der Waals surface area (Å²) in [5.74, 6) is 0.410. The minimum atomic E-state index is -0.342. The number of carbonyl (C=O) groups is 2. The van der Waals surface area contributed by atoms with E-state index in [2.05, 4.69) is 17.6 Å². The van der Waals surface area contributed by atoms with Gasteiger partial charge in [-0.1, -0.05) is 6.92 Å². The number of rotatable bonds is 8. The largest absolute Gasteiger partial charge is 0.342 e. The van der Waals surface area contributed by atoms with Crippen LogP contribution in [0.15, 0.2) is 24.3 Å². The van der Waals surface area contributed by atoms with E-state index < -0.39 is 0 Å². The number of hydrogen-bond acceptors (Lipinski definition) is 4. The molecular formula is C19H28FN3O2S. The number of amides is 2. The highest BCUT2D eigenvalue weighted by atomic mass is 32.2. The predicted molar refractivity (Wildman–Crippen MR) is 105 cm³/mol. The smallest absolute Gasteiger partial charge is 0.235 e. The topological polar surface area (TPSA) is 61.4 Å². The van der Waals surface area contributed by atoms with Crippen molar-refractivity contribution in [3.63, 3.8) is 0 Å². The number of halogens is 1. The number of piperidine rings is 1. The molecule has 1 atom stereocenters. The van der Waals surface area contributed by atoms with E-state index in [1.807, 2.05) is 11.8 Å². The van der Waals surface area contributed by atoms with E-state index in [1.165, 1.54) is 36.0 Å². The summed E-state index contributed by atoms with van der Waals surface area (Å²) >= 11 is 1.33. The zero-order valence-corrected chi connectivity index (χ0v) is 16.3. The number of nitrogens with one attached hydrogen (secondary N) is 2. The van der Waals surface area contributed by atoms with Gasteiger partial charge in [-0.15, -0.1) is 11.8 Å². The molecule has 0 radical (unpaired) electrons. The maximum Gasteiger partial charge on any atom is 0.235 e. The molecule has 1 fully saturated rings. The average Bonchev–Trinajstić information content (AvgIpc) is 2.66. The summed E-state index contributed by atoms with van der Waals surface area (Å²) in [6, 6.07) is 5.64. The van der Waals surface area contributed by atoms with Crippen LogP contribution in [0, 0.1) is 11.7 Å². The van der Waals surface area contributed by atoms with Gasteiger partial charge in [0, 0.05) is 18.8 Å². The SMILES string of the molecule is CCNCC1CCN(C(=O)C(C)SCC(=O)Nc2ccc(F)cc2)CC1. The first-order chi connectivity index (χ1) is 12.5. The molecule has 0 saturated carbocycles. The Balaban J connectivity index is 1.70. The highest BCUT2D eigenvalue weighted by Crippen LogP contribution is 2.21. The van der Waals surface area contributed by atoms with Crippen molar-refractivity contribution in [2.45, 2.75) is 31.9 Å². The summed E-state index contributed by atoms with van der Waals surface area (Å²) in [7, 11) is 0. The van der Waals surface area contributed by atoms with Crippen LogP contribution in [0.1, 0.15) is 26.7 Å². The molecule has 1 aliphatic heterocycles. The number of anilines is 1. The quantitative estimate of drug-likeness (QED) is 0.727. The Kier molecular flexibility index (Phi) is 8.38. The summed E-state index contributed by atoms with van der Waals surface area (Å²) in [6.07, 6.45) is 2.06. The first-order valence-electron chi connectivity index (χ1n) is 9.16. The van der Waals surface area contributed by atoms with Crippen LogP contribution < -0.4 is 10.6 Å². The van der Waals surface area contributed by atoms with Crippen LogP contribution in [0.5, 0.6) is 0 Å². The molecule has 1 aromatic carbocycles. The van der Waals surface area contributed by atoms with Gasteiger partial charge in [-0.25, -0.2) is 4.39 Å². The summed E-state index contributed by atoms with van der Waals surface area (Å²) in [6.45, 7) is 7.54. The van der Waals surface area contributed by atoms with Gasteiger partial charge in [-0.3, -0.25) is 9.59 Å². The highest BCUT2D eigenvalue weighted by Gasteiger charge is 2.26. The zero-order valence-electron chi connectivity index (χ0n) is 15.5. The molecule has 0 spiro atoms. The van der Waals surface area contributed by atoms with Crippen molar-refractivity contribution in [2.24, 2.45) is 5.92 Å². The Morgan fingerprint density at radius 1 is 1.27 bits per heavy atom. The van der Waals surface area contributed by atoms with E-state index in [9.17, 15) is 14.0 Å². The number of nitrogens with zero attached hydrogens (tertiary/aromatic N) is 1. The second-order valence-electron chi connectivity index (χ2n) is 6.58. The lowest BCUT2D eigenvalue weighted by molar-refractivity contribution is -0.131. The summed E-state index contributed by atoms with van der Waals surface area (Å²) in [5.41, 5.74) is 0.554. The Hall–Kier alpha value is -1.60. The first kappa shape index (κ1) is 20.7. The highest BCUT2D eigenvalue weighted by molar-refractivity contribution is 8.01. The van der Waals surface area contributed by atoms with Gasteiger partial charge >= 0.3 is 0 Å². The van der Waals surface area contributed by atoms with Crippen LogP contribution in [0.25, 0.3) is 0 Å². The lowest BCUT2D eigenvalue weighted by Gasteiger charge is -2.33.